The highest BCUT2D eigenvalue weighted by Gasteiger charge is 2.21. The molecule has 5 heteroatoms. The van der Waals surface area contributed by atoms with Crippen LogP contribution in [0, 0.1) is 0 Å². The maximum atomic E-state index is 5.31. The van der Waals surface area contributed by atoms with Crippen molar-refractivity contribution in [2.24, 2.45) is 0 Å². The van der Waals surface area contributed by atoms with E-state index in [1.165, 1.54) is 6.42 Å². The zero-order valence-electron chi connectivity index (χ0n) is 10.9. The fraction of sp³-hybridized carbons (Fsp3) is 0.429. The van der Waals surface area contributed by atoms with Crippen molar-refractivity contribution in [2.45, 2.75) is 25.3 Å². The van der Waals surface area contributed by atoms with Crippen LogP contribution < -0.4 is 10.1 Å². The number of aromatic nitrogens is 2. The summed E-state index contributed by atoms with van der Waals surface area (Å²) in [4.78, 5) is 4.46. The molecule has 2 heterocycles. The van der Waals surface area contributed by atoms with Gasteiger partial charge in [0.25, 0.3) is 0 Å². The van der Waals surface area contributed by atoms with E-state index in [9.17, 15) is 0 Å². The number of hydrogen-bond acceptors (Lipinski definition) is 5. The van der Waals surface area contributed by atoms with Crippen molar-refractivity contribution >= 4 is 0 Å². The monoisotopic (exact) mass is 259 g/mol. The fourth-order valence-electron chi connectivity index (χ4n) is 2.30. The molecule has 1 unspecified atom stereocenters. The Hall–Kier alpha value is -1.88. The fourth-order valence-corrected chi connectivity index (χ4v) is 2.30. The molecule has 1 aromatic heterocycles. The molecular formula is C14H17N3O2. The van der Waals surface area contributed by atoms with Crippen molar-refractivity contribution in [2.75, 3.05) is 13.7 Å². The molecule has 1 saturated heterocycles. The Labute approximate surface area is 112 Å². The summed E-state index contributed by atoms with van der Waals surface area (Å²) < 4.78 is 10.4. The van der Waals surface area contributed by atoms with E-state index < -0.39 is 0 Å². The van der Waals surface area contributed by atoms with E-state index in [1.54, 1.807) is 7.11 Å². The van der Waals surface area contributed by atoms with Gasteiger partial charge in [-0.05, 0) is 37.1 Å². The van der Waals surface area contributed by atoms with E-state index in [1.807, 2.05) is 24.3 Å². The standard InChI is InChI=1S/C14H17N3O2/c1-18-11-6-4-10(5-7-11)9-13-16-14(17-19-13)12-3-2-8-15-12/h4-7,12,15H,2-3,8-9H2,1H3. The number of methoxy groups -OCH3 is 1. The first-order valence-electron chi connectivity index (χ1n) is 6.54. The van der Waals surface area contributed by atoms with E-state index in [-0.39, 0.29) is 6.04 Å². The quantitative estimate of drug-likeness (QED) is 0.911. The van der Waals surface area contributed by atoms with Crippen LogP contribution in [0.2, 0.25) is 0 Å². The topological polar surface area (TPSA) is 60.2 Å². The van der Waals surface area contributed by atoms with Gasteiger partial charge in [0.2, 0.25) is 5.89 Å². The average molecular weight is 259 g/mol. The second-order valence-electron chi connectivity index (χ2n) is 4.72. The smallest absolute Gasteiger partial charge is 0.231 e. The van der Waals surface area contributed by atoms with Crippen LogP contribution in [-0.2, 0) is 6.42 Å². The molecule has 0 radical (unpaired) electrons. The summed E-state index contributed by atoms with van der Waals surface area (Å²) in [6, 6.07) is 8.15. The van der Waals surface area contributed by atoms with Crippen molar-refractivity contribution in [3.05, 3.63) is 41.5 Å². The molecule has 0 aliphatic carbocycles. The van der Waals surface area contributed by atoms with Gasteiger partial charge in [0.1, 0.15) is 5.75 Å². The highest BCUT2D eigenvalue weighted by atomic mass is 16.5. The van der Waals surface area contributed by atoms with Crippen molar-refractivity contribution in [1.29, 1.82) is 0 Å². The van der Waals surface area contributed by atoms with E-state index in [2.05, 4.69) is 15.5 Å². The third-order valence-electron chi connectivity index (χ3n) is 3.37. The molecule has 1 aliphatic rings. The normalized spacial score (nSPS) is 18.7. The lowest BCUT2D eigenvalue weighted by Crippen LogP contribution is -2.14. The molecule has 2 aromatic rings. The van der Waals surface area contributed by atoms with Gasteiger partial charge in [-0.2, -0.15) is 4.98 Å². The zero-order valence-corrected chi connectivity index (χ0v) is 10.9. The summed E-state index contributed by atoms with van der Waals surface area (Å²) in [5.74, 6) is 2.29. The van der Waals surface area contributed by atoms with Crippen molar-refractivity contribution < 1.29 is 9.26 Å². The lowest BCUT2D eigenvalue weighted by atomic mass is 10.1. The molecule has 0 bridgehead atoms. The Kier molecular flexibility index (Phi) is 3.46. The SMILES string of the molecule is COc1ccc(Cc2nc(C3CCCN3)no2)cc1. The Morgan fingerprint density at radius 2 is 2.21 bits per heavy atom. The number of ether oxygens (including phenoxy) is 1. The Morgan fingerprint density at radius 1 is 1.37 bits per heavy atom. The minimum atomic E-state index is 0.258. The van der Waals surface area contributed by atoms with Gasteiger partial charge in [0.05, 0.1) is 19.6 Å². The average Bonchev–Trinajstić information content (AvgIpc) is 3.10. The van der Waals surface area contributed by atoms with Crippen molar-refractivity contribution in [3.8, 4) is 5.75 Å². The number of hydrogen-bond donors (Lipinski definition) is 1. The summed E-state index contributed by atoms with van der Waals surface area (Å²) in [5, 5.41) is 7.42. The third-order valence-corrected chi connectivity index (χ3v) is 3.37. The van der Waals surface area contributed by atoms with Crippen LogP contribution >= 0.6 is 0 Å². The largest absolute Gasteiger partial charge is 0.497 e. The first-order chi connectivity index (χ1) is 9.35. The van der Waals surface area contributed by atoms with Crippen molar-refractivity contribution in [1.82, 2.24) is 15.5 Å². The number of rotatable bonds is 4. The predicted molar refractivity (Wildman–Crippen MR) is 70.1 cm³/mol. The van der Waals surface area contributed by atoms with E-state index in [4.69, 9.17) is 9.26 Å². The molecular weight excluding hydrogens is 242 g/mol. The lowest BCUT2D eigenvalue weighted by Gasteiger charge is -2.02. The molecule has 5 nitrogen and oxygen atoms in total. The van der Waals surface area contributed by atoms with Gasteiger partial charge >= 0.3 is 0 Å². The Balaban J connectivity index is 1.68. The van der Waals surface area contributed by atoms with Gasteiger partial charge in [-0.25, -0.2) is 0 Å². The van der Waals surface area contributed by atoms with Crippen LogP contribution in [0.15, 0.2) is 28.8 Å². The first kappa shape index (κ1) is 12.2. The number of benzene rings is 1. The highest BCUT2D eigenvalue weighted by molar-refractivity contribution is 5.28. The summed E-state index contributed by atoms with van der Waals surface area (Å²) >= 11 is 0. The van der Waals surface area contributed by atoms with Crippen LogP contribution in [0.25, 0.3) is 0 Å². The molecule has 100 valence electrons. The minimum Gasteiger partial charge on any atom is -0.497 e. The first-order valence-corrected chi connectivity index (χ1v) is 6.54. The predicted octanol–water partition coefficient (Wildman–Crippen LogP) is 2.09. The van der Waals surface area contributed by atoms with Gasteiger partial charge in [-0.1, -0.05) is 17.3 Å². The second kappa shape index (κ2) is 5.40. The maximum absolute atomic E-state index is 5.31. The van der Waals surface area contributed by atoms with Crippen LogP contribution in [0.3, 0.4) is 0 Å². The third kappa shape index (κ3) is 2.76. The zero-order chi connectivity index (χ0) is 13.1. The summed E-state index contributed by atoms with van der Waals surface area (Å²) in [7, 11) is 1.66. The molecule has 0 amide bonds. The minimum absolute atomic E-state index is 0.258. The van der Waals surface area contributed by atoms with Crippen LogP contribution in [0.4, 0.5) is 0 Å². The van der Waals surface area contributed by atoms with Gasteiger partial charge in [0.15, 0.2) is 5.82 Å². The molecule has 1 atom stereocenters. The summed E-state index contributed by atoms with van der Waals surface area (Å²) in [6.07, 6.45) is 2.91. The molecule has 1 aliphatic heterocycles. The Bertz CT molecular complexity index is 530. The number of nitrogens with zero attached hydrogens (tertiary/aromatic N) is 2. The lowest BCUT2D eigenvalue weighted by molar-refractivity contribution is 0.373. The van der Waals surface area contributed by atoms with Gasteiger partial charge < -0.3 is 14.6 Å². The van der Waals surface area contributed by atoms with Gasteiger partial charge in [0, 0.05) is 0 Å². The van der Waals surface area contributed by atoms with E-state index in [0.29, 0.717) is 12.3 Å². The van der Waals surface area contributed by atoms with E-state index in [0.717, 1.165) is 30.1 Å². The Morgan fingerprint density at radius 3 is 2.89 bits per heavy atom. The highest BCUT2D eigenvalue weighted by Crippen LogP contribution is 2.21. The second-order valence-corrected chi connectivity index (χ2v) is 4.72. The van der Waals surface area contributed by atoms with Gasteiger partial charge in [-0.3, -0.25) is 0 Å². The maximum Gasteiger partial charge on any atom is 0.231 e. The molecule has 0 spiro atoms. The van der Waals surface area contributed by atoms with Crippen molar-refractivity contribution in [3.63, 3.8) is 0 Å². The molecule has 1 N–H and O–H groups in total. The summed E-state index contributed by atoms with van der Waals surface area (Å²) in [5.41, 5.74) is 1.13. The van der Waals surface area contributed by atoms with Gasteiger partial charge in [-0.15, -0.1) is 0 Å². The van der Waals surface area contributed by atoms with Crippen LogP contribution in [0.5, 0.6) is 5.75 Å². The van der Waals surface area contributed by atoms with Crippen LogP contribution in [0.1, 0.15) is 36.2 Å². The molecule has 1 aromatic carbocycles. The molecule has 0 saturated carbocycles. The van der Waals surface area contributed by atoms with Crippen LogP contribution in [-0.4, -0.2) is 23.8 Å². The van der Waals surface area contributed by atoms with E-state index >= 15 is 0 Å². The number of nitrogens with one attached hydrogen (secondary N) is 1. The molecule has 3 rings (SSSR count). The molecule has 19 heavy (non-hydrogen) atoms. The summed E-state index contributed by atoms with van der Waals surface area (Å²) in [6.45, 7) is 1.03. The molecule has 1 fully saturated rings.